The van der Waals surface area contributed by atoms with Crippen molar-refractivity contribution in [3.63, 3.8) is 0 Å². The maximum Gasteiger partial charge on any atom is 0.303 e. The summed E-state index contributed by atoms with van der Waals surface area (Å²) in [6.45, 7) is 9.39. The summed E-state index contributed by atoms with van der Waals surface area (Å²) in [6.07, 6.45) is 5.12. The van der Waals surface area contributed by atoms with Gasteiger partial charge >= 0.3 is 5.97 Å². The van der Waals surface area contributed by atoms with E-state index in [4.69, 9.17) is 0 Å². The lowest BCUT2D eigenvalue weighted by molar-refractivity contribution is -0.138. The van der Waals surface area contributed by atoms with Crippen molar-refractivity contribution < 1.29 is 9.90 Å². The largest absolute Gasteiger partial charge is 0.481 e. The normalized spacial score (nSPS) is 23.3. The average molecular weight is 321 g/mol. The lowest BCUT2D eigenvalue weighted by Crippen LogP contribution is -2.34. The molecular weight excluding hydrogens is 292 g/mol. The maximum absolute atomic E-state index is 11.2. The molecule has 1 heterocycles. The van der Waals surface area contributed by atoms with Crippen LogP contribution >= 0.6 is 21.6 Å². The van der Waals surface area contributed by atoms with E-state index < -0.39 is 14.0 Å². The van der Waals surface area contributed by atoms with E-state index in [1.807, 2.05) is 21.6 Å². The van der Waals surface area contributed by atoms with Crippen LogP contribution in [0.2, 0.25) is 25.2 Å². The van der Waals surface area contributed by atoms with E-state index in [0.717, 1.165) is 18.1 Å². The highest BCUT2D eigenvalue weighted by Crippen LogP contribution is 2.43. The van der Waals surface area contributed by atoms with E-state index in [1.165, 1.54) is 18.6 Å². The van der Waals surface area contributed by atoms with Gasteiger partial charge in [-0.3, -0.25) is 4.79 Å². The molecule has 0 aromatic carbocycles. The molecule has 0 amide bonds. The van der Waals surface area contributed by atoms with Gasteiger partial charge in [0.05, 0.1) is 0 Å². The molecule has 0 aliphatic carbocycles. The van der Waals surface area contributed by atoms with Crippen molar-refractivity contribution in [2.24, 2.45) is 5.92 Å². The maximum atomic E-state index is 11.2. The van der Waals surface area contributed by atoms with Gasteiger partial charge < -0.3 is 5.11 Å². The SMILES string of the molecule is CCC(C(CCC1CCSS1)CC(=O)O)[Si](C)(C)C. The fourth-order valence-corrected chi connectivity index (χ4v) is 9.21. The smallest absolute Gasteiger partial charge is 0.303 e. The predicted molar refractivity (Wildman–Crippen MR) is 90.8 cm³/mol. The zero-order chi connectivity index (χ0) is 14.5. The Kier molecular flexibility index (Phi) is 7.33. The molecule has 112 valence electrons. The summed E-state index contributed by atoms with van der Waals surface area (Å²) in [5.74, 6) is 1.04. The molecule has 0 radical (unpaired) electrons. The first-order valence-corrected chi connectivity index (χ1v) is 13.3. The molecule has 1 aliphatic rings. The molecule has 1 N–H and O–H groups in total. The molecule has 1 saturated heterocycles. The van der Waals surface area contributed by atoms with Gasteiger partial charge in [0.15, 0.2) is 0 Å². The predicted octanol–water partition coefficient (Wildman–Crippen LogP) is 5.13. The van der Waals surface area contributed by atoms with Gasteiger partial charge in [0.1, 0.15) is 0 Å². The number of rotatable bonds is 8. The molecule has 5 heteroatoms. The highest BCUT2D eigenvalue weighted by Gasteiger charge is 2.33. The monoisotopic (exact) mass is 320 g/mol. The molecule has 2 nitrogen and oxygen atoms in total. The minimum Gasteiger partial charge on any atom is -0.481 e. The number of hydrogen-bond donors (Lipinski definition) is 1. The van der Waals surface area contributed by atoms with Crippen LogP contribution in [-0.4, -0.2) is 30.2 Å². The minimum absolute atomic E-state index is 0.368. The number of carboxylic acids is 1. The summed E-state index contributed by atoms with van der Waals surface area (Å²) in [6, 6.07) is 0. The second kappa shape index (κ2) is 7.98. The van der Waals surface area contributed by atoms with E-state index in [2.05, 4.69) is 26.6 Å². The van der Waals surface area contributed by atoms with Gasteiger partial charge in [-0.1, -0.05) is 54.6 Å². The quantitative estimate of drug-likeness (QED) is 0.497. The Hall–Kier alpha value is 0.387. The number of carboxylic acid groups (broad SMARTS) is 1. The summed E-state index contributed by atoms with van der Waals surface area (Å²) >= 11 is 0. The molecule has 3 unspecified atom stereocenters. The van der Waals surface area contributed by atoms with Crippen molar-refractivity contribution >= 4 is 35.6 Å². The van der Waals surface area contributed by atoms with Crippen LogP contribution in [-0.2, 0) is 4.79 Å². The van der Waals surface area contributed by atoms with Crippen molar-refractivity contribution in [2.45, 2.75) is 69.5 Å². The number of aliphatic carboxylic acids is 1. The van der Waals surface area contributed by atoms with Crippen molar-refractivity contribution in [3.05, 3.63) is 0 Å². The van der Waals surface area contributed by atoms with Crippen LogP contribution in [0.1, 0.15) is 39.0 Å². The van der Waals surface area contributed by atoms with E-state index in [-0.39, 0.29) is 0 Å². The molecule has 0 aromatic heterocycles. The van der Waals surface area contributed by atoms with Crippen molar-refractivity contribution in [3.8, 4) is 0 Å². The fourth-order valence-electron chi connectivity index (χ4n) is 3.29. The van der Waals surface area contributed by atoms with E-state index in [1.54, 1.807) is 0 Å². The van der Waals surface area contributed by atoms with Gasteiger partial charge in [-0.25, -0.2) is 0 Å². The van der Waals surface area contributed by atoms with E-state index >= 15 is 0 Å². The summed E-state index contributed by atoms with van der Waals surface area (Å²) in [4.78, 5) is 11.2. The Morgan fingerprint density at radius 3 is 2.53 bits per heavy atom. The average Bonchev–Trinajstić information content (AvgIpc) is 2.76. The first kappa shape index (κ1) is 17.4. The molecule has 1 rings (SSSR count). The van der Waals surface area contributed by atoms with Gasteiger partial charge in [-0.05, 0) is 30.7 Å². The molecule has 19 heavy (non-hydrogen) atoms. The second-order valence-corrected chi connectivity index (χ2v) is 14.9. The van der Waals surface area contributed by atoms with Gasteiger partial charge in [-0.15, -0.1) is 0 Å². The summed E-state index contributed by atoms with van der Waals surface area (Å²) in [7, 11) is 2.72. The molecule has 0 saturated carbocycles. The van der Waals surface area contributed by atoms with Crippen molar-refractivity contribution in [1.29, 1.82) is 0 Å². The summed E-state index contributed by atoms with van der Waals surface area (Å²) < 4.78 is 0. The third kappa shape index (κ3) is 6.13. The third-order valence-electron chi connectivity index (χ3n) is 4.14. The van der Waals surface area contributed by atoms with Gasteiger partial charge in [0, 0.05) is 25.5 Å². The Morgan fingerprint density at radius 1 is 1.42 bits per heavy atom. The van der Waals surface area contributed by atoms with Gasteiger partial charge in [0.2, 0.25) is 0 Å². The first-order valence-electron chi connectivity index (χ1n) is 7.34. The van der Waals surface area contributed by atoms with Crippen molar-refractivity contribution in [2.75, 3.05) is 5.75 Å². The molecule has 0 bridgehead atoms. The highest BCUT2D eigenvalue weighted by molar-refractivity contribution is 8.77. The lowest BCUT2D eigenvalue weighted by Gasteiger charge is -2.35. The van der Waals surface area contributed by atoms with Gasteiger partial charge in [-0.2, -0.15) is 0 Å². The molecule has 0 spiro atoms. The van der Waals surface area contributed by atoms with Crippen LogP contribution < -0.4 is 0 Å². The van der Waals surface area contributed by atoms with Crippen LogP contribution in [0.15, 0.2) is 0 Å². The van der Waals surface area contributed by atoms with Crippen LogP contribution in [0.5, 0.6) is 0 Å². The van der Waals surface area contributed by atoms with Crippen molar-refractivity contribution in [1.82, 2.24) is 0 Å². The Balaban J connectivity index is 2.60. The van der Waals surface area contributed by atoms with Crippen LogP contribution in [0.4, 0.5) is 0 Å². The zero-order valence-electron chi connectivity index (χ0n) is 12.6. The molecule has 1 aliphatic heterocycles. The minimum atomic E-state index is -1.27. The Bertz CT molecular complexity index is 286. The highest BCUT2D eigenvalue weighted by atomic mass is 33.1. The summed E-state index contributed by atoms with van der Waals surface area (Å²) in [5.41, 5.74) is 0.641. The second-order valence-electron chi connectivity index (χ2n) is 6.64. The Morgan fingerprint density at radius 2 is 2.11 bits per heavy atom. The lowest BCUT2D eigenvalue weighted by atomic mass is 9.92. The standard InChI is InChI=1S/C14H28O2S2Si/c1-5-13(19(2,3)4)11(10-14(15)16)6-7-12-8-9-17-18-12/h11-13H,5-10H2,1-4H3,(H,15,16). The molecule has 1 fully saturated rings. The zero-order valence-corrected chi connectivity index (χ0v) is 15.3. The fraction of sp³-hybridized carbons (Fsp3) is 0.929. The van der Waals surface area contributed by atoms with Gasteiger partial charge in [0.25, 0.3) is 0 Å². The van der Waals surface area contributed by atoms with Crippen LogP contribution in [0, 0.1) is 5.92 Å². The van der Waals surface area contributed by atoms with E-state index in [9.17, 15) is 9.90 Å². The third-order valence-corrected chi connectivity index (χ3v) is 10.3. The van der Waals surface area contributed by atoms with Crippen LogP contribution in [0.25, 0.3) is 0 Å². The summed E-state index contributed by atoms with van der Waals surface area (Å²) in [5, 5.41) is 9.96. The number of carbonyl (C=O) groups is 1. The topological polar surface area (TPSA) is 37.3 Å². The number of hydrogen-bond acceptors (Lipinski definition) is 3. The van der Waals surface area contributed by atoms with E-state index in [0.29, 0.717) is 17.9 Å². The molecular formula is C14H28O2S2Si. The first-order chi connectivity index (χ1) is 8.84. The molecule has 3 atom stereocenters. The Labute approximate surface area is 126 Å². The molecule has 0 aromatic rings. The van der Waals surface area contributed by atoms with Crippen LogP contribution in [0.3, 0.4) is 0 Å².